The summed E-state index contributed by atoms with van der Waals surface area (Å²) in [6.07, 6.45) is 0. The molecule has 0 spiro atoms. The largest absolute Gasteiger partial charge is 0.311 e. The predicted octanol–water partition coefficient (Wildman–Crippen LogP) is 10.9. The summed E-state index contributed by atoms with van der Waals surface area (Å²) >= 11 is 0. The van der Waals surface area contributed by atoms with Crippen LogP contribution in [-0.2, 0) is 0 Å². The zero-order chi connectivity index (χ0) is 26.3. The van der Waals surface area contributed by atoms with Crippen molar-refractivity contribution in [3.8, 4) is 11.1 Å². The smallest absolute Gasteiger partial charge is 0.0462 e. The van der Waals surface area contributed by atoms with Crippen molar-refractivity contribution >= 4 is 49.4 Å². The molecule has 0 bridgehead atoms. The van der Waals surface area contributed by atoms with Crippen LogP contribution in [0.2, 0.25) is 0 Å². The summed E-state index contributed by atoms with van der Waals surface area (Å²) < 4.78 is 0. The second-order valence-electron chi connectivity index (χ2n) is 10.4. The Bertz CT molecular complexity index is 1870. The number of anilines is 3. The van der Waals surface area contributed by atoms with Crippen LogP contribution in [0.5, 0.6) is 0 Å². The van der Waals surface area contributed by atoms with Crippen LogP contribution >= 0.6 is 0 Å². The molecular formula is C38H29N. The van der Waals surface area contributed by atoms with Crippen molar-refractivity contribution in [3.63, 3.8) is 0 Å². The van der Waals surface area contributed by atoms with Crippen LogP contribution in [0.15, 0.2) is 140 Å². The molecule has 7 aromatic rings. The molecule has 186 valence electrons. The maximum absolute atomic E-state index is 2.36. The van der Waals surface area contributed by atoms with Crippen LogP contribution in [-0.4, -0.2) is 0 Å². The van der Waals surface area contributed by atoms with Crippen molar-refractivity contribution in [1.82, 2.24) is 0 Å². The van der Waals surface area contributed by atoms with Crippen LogP contribution < -0.4 is 4.90 Å². The van der Waals surface area contributed by atoms with Crippen LogP contribution in [0.4, 0.5) is 17.1 Å². The molecule has 0 N–H and O–H groups in total. The molecule has 0 atom stereocenters. The molecule has 0 aliphatic carbocycles. The molecule has 0 fully saturated rings. The van der Waals surface area contributed by atoms with E-state index in [1.165, 1.54) is 54.6 Å². The molecule has 1 nitrogen and oxygen atoms in total. The van der Waals surface area contributed by atoms with Crippen molar-refractivity contribution in [2.75, 3.05) is 4.90 Å². The SMILES string of the molecule is Cc1ccc(N(c2ccc(C)cc2)c2ccc(-c3ccc4c5ccccc5c5ccccc5c4c3)cc2)cc1. The Hall–Kier alpha value is -4.88. The van der Waals surface area contributed by atoms with Gasteiger partial charge in [0.25, 0.3) is 0 Å². The van der Waals surface area contributed by atoms with Crippen molar-refractivity contribution in [3.05, 3.63) is 151 Å². The van der Waals surface area contributed by atoms with E-state index in [9.17, 15) is 0 Å². The molecule has 0 saturated carbocycles. The second-order valence-corrected chi connectivity index (χ2v) is 10.4. The zero-order valence-electron chi connectivity index (χ0n) is 22.2. The van der Waals surface area contributed by atoms with E-state index in [1.54, 1.807) is 0 Å². The first-order valence-corrected chi connectivity index (χ1v) is 13.5. The summed E-state index contributed by atoms with van der Waals surface area (Å²) in [4.78, 5) is 2.32. The summed E-state index contributed by atoms with van der Waals surface area (Å²) in [5.41, 5.74) is 8.41. The van der Waals surface area contributed by atoms with Gasteiger partial charge in [-0.1, -0.05) is 108 Å². The third-order valence-electron chi connectivity index (χ3n) is 7.79. The molecule has 0 aliphatic rings. The number of benzene rings is 7. The highest BCUT2D eigenvalue weighted by atomic mass is 15.1. The molecule has 0 aliphatic heterocycles. The fraction of sp³-hybridized carbons (Fsp3) is 0.0526. The highest BCUT2D eigenvalue weighted by molar-refractivity contribution is 6.25. The third kappa shape index (κ3) is 4.13. The summed E-state index contributed by atoms with van der Waals surface area (Å²) in [5, 5.41) is 7.82. The molecule has 0 aromatic heterocycles. The van der Waals surface area contributed by atoms with E-state index >= 15 is 0 Å². The number of hydrogen-bond donors (Lipinski definition) is 0. The minimum Gasteiger partial charge on any atom is -0.311 e. The minimum absolute atomic E-state index is 1.14. The van der Waals surface area contributed by atoms with Crippen LogP contribution in [0.1, 0.15) is 11.1 Å². The van der Waals surface area contributed by atoms with Gasteiger partial charge in [-0.15, -0.1) is 0 Å². The first kappa shape index (κ1) is 23.3. The monoisotopic (exact) mass is 499 g/mol. The van der Waals surface area contributed by atoms with Gasteiger partial charge in [0.2, 0.25) is 0 Å². The number of hydrogen-bond acceptors (Lipinski definition) is 1. The fourth-order valence-electron chi connectivity index (χ4n) is 5.73. The first-order chi connectivity index (χ1) is 19.2. The Kier molecular flexibility index (Phi) is 5.64. The number of rotatable bonds is 4. The Labute approximate surface area is 229 Å². The van der Waals surface area contributed by atoms with E-state index in [2.05, 4.69) is 158 Å². The lowest BCUT2D eigenvalue weighted by Gasteiger charge is -2.26. The fourth-order valence-corrected chi connectivity index (χ4v) is 5.73. The lowest BCUT2D eigenvalue weighted by Crippen LogP contribution is -2.09. The molecule has 0 heterocycles. The molecule has 7 aromatic carbocycles. The van der Waals surface area contributed by atoms with Gasteiger partial charge in [-0.05, 0) is 99.8 Å². The average molecular weight is 500 g/mol. The Morgan fingerprint density at radius 1 is 0.333 bits per heavy atom. The molecule has 0 radical (unpaired) electrons. The Morgan fingerprint density at radius 3 is 1.15 bits per heavy atom. The molecule has 39 heavy (non-hydrogen) atoms. The minimum atomic E-state index is 1.14. The van der Waals surface area contributed by atoms with Gasteiger partial charge in [-0.2, -0.15) is 0 Å². The van der Waals surface area contributed by atoms with Gasteiger partial charge in [0.1, 0.15) is 0 Å². The Balaban J connectivity index is 1.34. The topological polar surface area (TPSA) is 3.24 Å². The molecule has 1 heteroatoms. The second kappa shape index (κ2) is 9.45. The van der Waals surface area contributed by atoms with Gasteiger partial charge in [0, 0.05) is 17.1 Å². The number of aryl methyl sites for hydroxylation is 2. The van der Waals surface area contributed by atoms with E-state index in [0.717, 1.165) is 17.1 Å². The number of nitrogens with zero attached hydrogens (tertiary/aromatic N) is 1. The van der Waals surface area contributed by atoms with Crippen LogP contribution in [0.25, 0.3) is 43.4 Å². The van der Waals surface area contributed by atoms with E-state index in [-0.39, 0.29) is 0 Å². The van der Waals surface area contributed by atoms with Gasteiger partial charge < -0.3 is 4.90 Å². The first-order valence-electron chi connectivity index (χ1n) is 13.5. The van der Waals surface area contributed by atoms with E-state index in [0.29, 0.717) is 0 Å². The predicted molar refractivity (Wildman–Crippen MR) is 169 cm³/mol. The van der Waals surface area contributed by atoms with Crippen LogP contribution in [0, 0.1) is 13.8 Å². The van der Waals surface area contributed by atoms with Crippen LogP contribution in [0.3, 0.4) is 0 Å². The summed E-state index contributed by atoms with van der Waals surface area (Å²) in [7, 11) is 0. The molecular weight excluding hydrogens is 470 g/mol. The summed E-state index contributed by atoms with van der Waals surface area (Å²) in [6, 6.07) is 50.9. The number of fused-ring (bicyclic) bond motifs is 6. The average Bonchev–Trinajstić information content (AvgIpc) is 2.99. The summed E-state index contributed by atoms with van der Waals surface area (Å²) in [5.74, 6) is 0. The quantitative estimate of drug-likeness (QED) is 0.218. The maximum atomic E-state index is 2.36. The van der Waals surface area contributed by atoms with Crippen molar-refractivity contribution in [2.24, 2.45) is 0 Å². The van der Waals surface area contributed by atoms with Gasteiger partial charge in [0.05, 0.1) is 0 Å². The molecule has 0 unspecified atom stereocenters. The van der Waals surface area contributed by atoms with Gasteiger partial charge >= 0.3 is 0 Å². The lowest BCUT2D eigenvalue weighted by atomic mass is 9.92. The molecule has 7 rings (SSSR count). The van der Waals surface area contributed by atoms with Crippen molar-refractivity contribution in [2.45, 2.75) is 13.8 Å². The highest BCUT2D eigenvalue weighted by Crippen LogP contribution is 2.39. The maximum Gasteiger partial charge on any atom is 0.0462 e. The van der Waals surface area contributed by atoms with E-state index < -0.39 is 0 Å². The van der Waals surface area contributed by atoms with Gasteiger partial charge in [0.15, 0.2) is 0 Å². The van der Waals surface area contributed by atoms with Gasteiger partial charge in [-0.3, -0.25) is 0 Å². The highest BCUT2D eigenvalue weighted by Gasteiger charge is 2.13. The van der Waals surface area contributed by atoms with Gasteiger partial charge in [-0.25, -0.2) is 0 Å². The van der Waals surface area contributed by atoms with Crippen molar-refractivity contribution in [1.29, 1.82) is 0 Å². The lowest BCUT2D eigenvalue weighted by molar-refractivity contribution is 1.27. The Morgan fingerprint density at radius 2 is 0.692 bits per heavy atom. The summed E-state index contributed by atoms with van der Waals surface area (Å²) in [6.45, 7) is 4.26. The standard InChI is InChI=1S/C38H29N/c1-26-11-18-30(19-12-26)39(31-20-13-27(2)14-21-31)32-22-15-28(16-23-32)29-17-24-37-35-9-4-3-7-33(35)34-8-5-6-10-36(34)38(37)25-29/h3-25H,1-2H3. The molecule has 0 amide bonds. The van der Waals surface area contributed by atoms with E-state index in [4.69, 9.17) is 0 Å². The molecule has 0 saturated heterocycles. The normalized spacial score (nSPS) is 11.3. The third-order valence-corrected chi connectivity index (χ3v) is 7.79. The zero-order valence-corrected chi connectivity index (χ0v) is 22.2. The van der Waals surface area contributed by atoms with E-state index in [1.807, 2.05) is 0 Å². The van der Waals surface area contributed by atoms with Crippen molar-refractivity contribution < 1.29 is 0 Å².